The van der Waals surface area contributed by atoms with Crippen molar-refractivity contribution in [3.63, 3.8) is 0 Å². The zero-order valence-corrected chi connectivity index (χ0v) is 34.1. The van der Waals surface area contributed by atoms with Crippen LogP contribution >= 0.6 is 0 Å². The molecular weight excluding hydrogens is 765 g/mol. The van der Waals surface area contributed by atoms with Gasteiger partial charge in [-0.05, 0) is 143 Å². The lowest BCUT2D eigenvalue weighted by atomic mass is 9.84. The summed E-state index contributed by atoms with van der Waals surface area (Å²) in [6, 6.07) is 74.6. The van der Waals surface area contributed by atoms with Crippen molar-refractivity contribution in [3.8, 4) is 56.2 Å². The molecule has 4 heteroatoms. The minimum atomic E-state index is 0.807. The second kappa shape index (κ2) is 14.1. The molecule has 0 saturated carbocycles. The van der Waals surface area contributed by atoms with E-state index in [-0.39, 0.29) is 0 Å². The van der Waals surface area contributed by atoms with Gasteiger partial charge in [0, 0.05) is 23.2 Å². The van der Waals surface area contributed by atoms with Gasteiger partial charge in [0.1, 0.15) is 17.0 Å². The molecule has 13 aromatic rings. The van der Waals surface area contributed by atoms with E-state index in [0.717, 1.165) is 61.2 Å². The Morgan fingerprint density at radius 3 is 1.44 bits per heavy atom. The van der Waals surface area contributed by atoms with E-state index in [0.29, 0.717) is 0 Å². The monoisotopic (exact) mass is 800 g/mol. The fourth-order valence-corrected chi connectivity index (χ4v) is 9.96. The number of benzene rings is 9. The molecule has 4 nitrogen and oxygen atoms in total. The summed E-state index contributed by atoms with van der Waals surface area (Å²) in [4.78, 5) is 15.0. The smallest absolute Gasteiger partial charge is 0.146 e. The molecule has 4 aromatic heterocycles. The van der Waals surface area contributed by atoms with Crippen molar-refractivity contribution in [2.75, 3.05) is 0 Å². The van der Waals surface area contributed by atoms with Crippen molar-refractivity contribution in [1.82, 2.24) is 19.4 Å². The Labute approximate surface area is 363 Å². The van der Waals surface area contributed by atoms with Crippen LogP contribution in [0.1, 0.15) is 0 Å². The summed E-state index contributed by atoms with van der Waals surface area (Å²) in [5.41, 5.74) is 12.5. The predicted molar refractivity (Wildman–Crippen MR) is 263 cm³/mol. The number of aromatic nitrogens is 4. The van der Waals surface area contributed by atoms with Gasteiger partial charge in [-0.2, -0.15) is 0 Å². The highest BCUT2D eigenvalue weighted by atomic mass is 15.1. The predicted octanol–water partition coefficient (Wildman–Crippen LogP) is 15.4. The zero-order valence-electron chi connectivity index (χ0n) is 34.1. The number of imidazole rings is 1. The summed E-state index contributed by atoms with van der Waals surface area (Å²) in [5, 5.41) is 13.2. The second-order valence-corrected chi connectivity index (χ2v) is 16.4. The molecule has 0 amide bonds. The van der Waals surface area contributed by atoms with Gasteiger partial charge in [0.2, 0.25) is 0 Å². The van der Waals surface area contributed by atoms with E-state index in [1.165, 1.54) is 65.3 Å². The number of fused-ring (bicyclic) bond motifs is 10. The Bertz CT molecular complexity index is 3960. The topological polar surface area (TPSA) is 43.1 Å². The maximum absolute atomic E-state index is 5.39. The Hall–Kier alpha value is -8.47. The summed E-state index contributed by atoms with van der Waals surface area (Å²) < 4.78 is 2.27. The van der Waals surface area contributed by atoms with Crippen LogP contribution in [0.4, 0.5) is 0 Å². The van der Waals surface area contributed by atoms with Gasteiger partial charge in [0.25, 0.3) is 0 Å². The van der Waals surface area contributed by atoms with E-state index in [2.05, 4.69) is 180 Å². The molecule has 0 aliphatic rings. The third-order valence-electron chi connectivity index (χ3n) is 12.8. The summed E-state index contributed by atoms with van der Waals surface area (Å²) >= 11 is 0. The first-order valence-electron chi connectivity index (χ1n) is 21.4. The molecule has 9 aromatic carbocycles. The highest BCUT2D eigenvalue weighted by Crippen LogP contribution is 2.46. The molecule has 292 valence electrons. The van der Waals surface area contributed by atoms with Crippen LogP contribution in [0.25, 0.3) is 127 Å². The maximum Gasteiger partial charge on any atom is 0.146 e. The maximum atomic E-state index is 5.39. The largest absolute Gasteiger partial charge is 0.290 e. The molecule has 0 bridgehead atoms. The molecule has 63 heavy (non-hydrogen) atoms. The third-order valence-corrected chi connectivity index (χ3v) is 12.8. The van der Waals surface area contributed by atoms with Gasteiger partial charge >= 0.3 is 0 Å². The molecule has 4 heterocycles. The second-order valence-electron chi connectivity index (χ2n) is 16.4. The third kappa shape index (κ3) is 5.59. The molecule has 0 aliphatic carbocycles. The van der Waals surface area contributed by atoms with E-state index < -0.39 is 0 Å². The Kier molecular flexibility index (Phi) is 7.87. The fraction of sp³-hybridized carbons (Fsp3) is 0. The van der Waals surface area contributed by atoms with Crippen LogP contribution < -0.4 is 0 Å². The Morgan fingerprint density at radius 2 is 0.810 bits per heavy atom. The molecule has 0 spiro atoms. The SMILES string of the molecule is c1ccc(-c2nc3c4ccc(-c5ccc6c(-c7ccc8ccccc8c7)c7ccccc7c(-c7ccc8ccccc8c7)c6c5)cc4c4ccccc4n3c2-c2ccccn2)nc1. The van der Waals surface area contributed by atoms with Gasteiger partial charge in [-0.3, -0.25) is 14.4 Å². The average molecular weight is 801 g/mol. The van der Waals surface area contributed by atoms with E-state index in [1.807, 2.05) is 42.7 Å². The number of rotatable bonds is 5. The van der Waals surface area contributed by atoms with E-state index >= 15 is 0 Å². The van der Waals surface area contributed by atoms with Crippen LogP contribution in [-0.4, -0.2) is 19.4 Å². The molecule has 0 unspecified atom stereocenters. The first kappa shape index (κ1) is 35.3. The number of hydrogen-bond donors (Lipinski definition) is 0. The number of hydrogen-bond acceptors (Lipinski definition) is 3. The van der Waals surface area contributed by atoms with Crippen LogP contribution in [0, 0.1) is 0 Å². The van der Waals surface area contributed by atoms with Crippen LogP contribution in [0.5, 0.6) is 0 Å². The number of pyridine rings is 3. The van der Waals surface area contributed by atoms with Gasteiger partial charge in [0.05, 0.1) is 16.9 Å². The van der Waals surface area contributed by atoms with Gasteiger partial charge in [-0.25, -0.2) is 4.98 Å². The number of para-hydroxylation sites is 1. The summed E-state index contributed by atoms with van der Waals surface area (Å²) in [7, 11) is 0. The van der Waals surface area contributed by atoms with Crippen LogP contribution in [0.3, 0.4) is 0 Å². The van der Waals surface area contributed by atoms with E-state index in [1.54, 1.807) is 0 Å². The van der Waals surface area contributed by atoms with Gasteiger partial charge < -0.3 is 0 Å². The lowest BCUT2D eigenvalue weighted by Gasteiger charge is -2.19. The Balaban J connectivity index is 1.09. The molecule has 0 aliphatic heterocycles. The lowest BCUT2D eigenvalue weighted by molar-refractivity contribution is 1.22. The average Bonchev–Trinajstić information content (AvgIpc) is 3.77. The first-order valence-corrected chi connectivity index (χ1v) is 21.4. The standard InChI is InChI=1S/C59H36N4/c1-3-15-39-33-43(25-23-37(39)13-1)55-46-18-5-6-19-47(46)56(44-26-24-38-14-2-4-16-40(38)34-44)51-36-42(27-29-48(51)55)41-28-30-49-50(35-41)45-17-7-8-22-54(45)63-58(53-21-10-12-32-61-53)57(62-59(49)63)52-20-9-11-31-60-52/h1-36H. The van der Waals surface area contributed by atoms with Crippen LogP contribution in [0.2, 0.25) is 0 Å². The van der Waals surface area contributed by atoms with Crippen molar-refractivity contribution < 1.29 is 0 Å². The van der Waals surface area contributed by atoms with Crippen LogP contribution in [-0.2, 0) is 0 Å². The van der Waals surface area contributed by atoms with Crippen molar-refractivity contribution in [1.29, 1.82) is 0 Å². The van der Waals surface area contributed by atoms with Crippen LogP contribution in [0.15, 0.2) is 219 Å². The number of nitrogens with zero attached hydrogens (tertiary/aromatic N) is 4. The van der Waals surface area contributed by atoms with Crippen molar-refractivity contribution >= 4 is 70.4 Å². The lowest BCUT2D eigenvalue weighted by Crippen LogP contribution is -1.96. The molecule has 0 saturated heterocycles. The van der Waals surface area contributed by atoms with Gasteiger partial charge in [-0.15, -0.1) is 0 Å². The van der Waals surface area contributed by atoms with E-state index in [9.17, 15) is 0 Å². The van der Waals surface area contributed by atoms with Gasteiger partial charge in [0.15, 0.2) is 0 Å². The minimum Gasteiger partial charge on any atom is -0.290 e. The Morgan fingerprint density at radius 1 is 0.317 bits per heavy atom. The molecule has 0 fully saturated rings. The van der Waals surface area contributed by atoms with Gasteiger partial charge in [-0.1, -0.05) is 146 Å². The quantitative estimate of drug-likeness (QED) is 0.129. The highest BCUT2D eigenvalue weighted by Gasteiger charge is 2.23. The summed E-state index contributed by atoms with van der Waals surface area (Å²) in [6.45, 7) is 0. The molecule has 0 atom stereocenters. The molecule has 13 rings (SSSR count). The zero-order chi connectivity index (χ0) is 41.4. The van der Waals surface area contributed by atoms with Crippen molar-refractivity contribution in [2.45, 2.75) is 0 Å². The molecular formula is C59H36N4. The summed E-state index contributed by atoms with van der Waals surface area (Å²) in [5.74, 6) is 0. The molecule has 0 radical (unpaired) electrons. The fourth-order valence-electron chi connectivity index (χ4n) is 9.96. The highest BCUT2D eigenvalue weighted by molar-refractivity contribution is 6.23. The van der Waals surface area contributed by atoms with E-state index in [4.69, 9.17) is 15.0 Å². The first-order chi connectivity index (χ1) is 31.2. The minimum absolute atomic E-state index is 0.807. The summed E-state index contributed by atoms with van der Waals surface area (Å²) in [6.07, 6.45) is 3.67. The normalized spacial score (nSPS) is 11.8. The molecule has 0 N–H and O–H groups in total. The van der Waals surface area contributed by atoms with Crippen molar-refractivity contribution in [2.24, 2.45) is 0 Å². The van der Waals surface area contributed by atoms with Crippen molar-refractivity contribution in [3.05, 3.63) is 219 Å².